The van der Waals surface area contributed by atoms with Gasteiger partial charge >= 0.3 is 0 Å². The maximum absolute atomic E-state index is 14.0. The lowest BCUT2D eigenvalue weighted by Gasteiger charge is -2.34. The second kappa shape index (κ2) is 10.0. The molecular formula is C27H27F2N5O2. The monoisotopic (exact) mass is 491 g/mol. The van der Waals surface area contributed by atoms with Crippen LogP contribution in [0.15, 0.2) is 54.7 Å². The Bertz CT molecular complexity index is 1400. The van der Waals surface area contributed by atoms with Gasteiger partial charge in [0, 0.05) is 49.9 Å². The molecule has 0 atom stereocenters. The summed E-state index contributed by atoms with van der Waals surface area (Å²) in [5, 5.41) is 5.54. The van der Waals surface area contributed by atoms with E-state index >= 15 is 0 Å². The molecule has 186 valence electrons. The van der Waals surface area contributed by atoms with Gasteiger partial charge in [0.25, 0.3) is 0 Å². The molecule has 1 saturated heterocycles. The minimum atomic E-state index is -0.841. The fourth-order valence-electron chi connectivity index (χ4n) is 4.70. The third-order valence-electron chi connectivity index (χ3n) is 6.64. The molecule has 0 aliphatic carbocycles. The van der Waals surface area contributed by atoms with Crippen LogP contribution in [-0.2, 0) is 17.9 Å². The fraction of sp³-hybridized carbons (Fsp3) is 0.296. The summed E-state index contributed by atoms with van der Waals surface area (Å²) >= 11 is 0. The van der Waals surface area contributed by atoms with Crippen molar-refractivity contribution in [1.29, 1.82) is 0 Å². The first-order valence-electron chi connectivity index (χ1n) is 11.8. The number of hydrogen-bond acceptors (Lipinski definition) is 5. The molecule has 0 spiro atoms. The summed E-state index contributed by atoms with van der Waals surface area (Å²) in [4.78, 5) is 21.4. The zero-order valence-corrected chi connectivity index (χ0v) is 20.2. The highest BCUT2D eigenvalue weighted by molar-refractivity contribution is 5.95. The van der Waals surface area contributed by atoms with Crippen LogP contribution in [0.3, 0.4) is 0 Å². The highest BCUT2D eigenvalue weighted by atomic mass is 19.2. The van der Waals surface area contributed by atoms with E-state index in [0.717, 1.165) is 34.0 Å². The Morgan fingerprint density at radius 3 is 2.50 bits per heavy atom. The zero-order valence-electron chi connectivity index (χ0n) is 20.2. The maximum Gasteiger partial charge on any atom is 0.244 e. The van der Waals surface area contributed by atoms with Gasteiger partial charge in [0.2, 0.25) is 5.91 Å². The molecule has 3 heterocycles. The van der Waals surface area contributed by atoms with Crippen LogP contribution < -0.4 is 4.74 Å². The molecular weight excluding hydrogens is 464 g/mol. The number of amides is 1. The first-order chi connectivity index (χ1) is 17.4. The Morgan fingerprint density at radius 1 is 1.03 bits per heavy atom. The Kier molecular flexibility index (Phi) is 6.65. The molecule has 9 heteroatoms. The molecule has 36 heavy (non-hydrogen) atoms. The van der Waals surface area contributed by atoms with Gasteiger partial charge in [-0.05, 0) is 42.3 Å². The number of benzene rings is 2. The lowest BCUT2D eigenvalue weighted by Crippen LogP contribution is -2.49. The summed E-state index contributed by atoms with van der Waals surface area (Å²) < 4.78 is 34.4. The van der Waals surface area contributed by atoms with E-state index in [2.05, 4.69) is 10.1 Å². The summed E-state index contributed by atoms with van der Waals surface area (Å²) in [6.07, 6.45) is 1.73. The normalized spacial score (nSPS) is 14.4. The van der Waals surface area contributed by atoms with E-state index in [9.17, 15) is 13.6 Å². The number of aromatic nitrogens is 3. The van der Waals surface area contributed by atoms with Crippen LogP contribution in [-0.4, -0.2) is 63.8 Å². The van der Waals surface area contributed by atoms with Gasteiger partial charge in [-0.25, -0.2) is 18.4 Å². The van der Waals surface area contributed by atoms with Crippen LogP contribution in [0.4, 0.5) is 8.78 Å². The molecule has 4 aromatic rings. The van der Waals surface area contributed by atoms with Crippen molar-refractivity contribution in [3.8, 4) is 16.9 Å². The topological polar surface area (TPSA) is 63.5 Å². The van der Waals surface area contributed by atoms with Gasteiger partial charge in [0.1, 0.15) is 12.3 Å². The number of carbonyl (C=O) groups excluding carboxylic acids is 1. The summed E-state index contributed by atoms with van der Waals surface area (Å²) in [5.74, 6) is -0.916. The lowest BCUT2D eigenvalue weighted by atomic mass is 10.0. The average Bonchev–Trinajstić information content (AvgIpc) is 3.22. The van der Waals surface area contributed by atoms with Gasteiger partial charge in [0.15, 0.2) is 17.3 Å². The summed E-state index contributed by atoms with van der Waals surface area (Å²) in [7, 11) is 1.63. The van der Waals surface area contributed by atoms with Gasteiger partial charge < -0.3 is 9.64 Å². The van der Waals surface area contributed by atoms with Gasteiger partial charge in [-0.15, -0.1) is 0 Å². The van der Waals surface area contributed by atoms with E-state index in [1.54, 1.807) is 29.0 Å². The van der Waals surface area contributed by atoms with Crippen molar-refractivity contribution in [3.63, 3.8) is 0 Å². The van der Waals surface area contributed by atoms with Crippen molar-refractivity contribution in [2.24, 2.45) is 0 Å². The zero-order chi connectivity index (χ0) is 25.2. The third-order valence-corrected chi connectivity index (χ3v) is 6.64. The Labute approximate surface area is 207 Å². The van der Waals surface area contributed by atoms with Crippen molar-refractivity contribution in [2.45, 2.75) is 20.0 Å². The van der Waals surface area contributed by atoms with E-state index in [1.807, 2.05) is 42.2 Å². The third kappa shape index (κ3) is 4.66. The highest BCUT2D eigenvalue weighted by Gasteiger charge is 2.24. The van der Waals surface area contributed by atoms with Crippen LogP contribution in [0.1, 0.15) is 11.3 Å². The fourth-order valence-corrected chi connectivity index (χ4v) is 4.70. The SMILES string of the molecule is COc1ccc(-c2ccnc3c2c(C)nn3CC(=O)N2CCN(Cc3cccc(F)c3F)CC2)cc1. The first kappa shape index (κ1) is 23.9. The first-order valence-corrected chi connectivity index (χ1v) is 11.8. The summed E-state index contributed by atoms with van der Waals surface area (Å²) in [6, 6.07) is 14.0. The van der Waals surface area contributed by atoms with Crippen molar-refractivity contribution in [2.75, 3.05) is 33.3 Å². The van der Waals surface area contributed by atoms with Crippen LogP contribution >= 0.6 is 0 Å². The molecule has 7 nitrogen and oxygen atoms in total. The maximum atomic E-state index is 14.0. The van der Waals surface area contributed by atoms with E-state index < -0.39 is 11.6 Å². The van der Waals surface area contributed by atoms with E-state index in [-0.39, 0.29) is 12.5 Å². The van der Waals surface area contributed by atoms with Crippen molar-refractivity contribution in [3.05, 3.63) is 77.6 Å². The Balaban J connectivity index is 1.28. The van der Waals surface area contributed by atoms with E-state index in [0.29, 0.717) is 43.9 Å². The molecule has 1 aliphatic rings. The van der Waals surface area contributed by atoms with Crippen LogP contribution in [0.25, 0.3) is 22.2 Å². The second-order valence-corrected chi connectivity index (χ2v) is 8.90. The summed E-state index contributed by atoms with van der Waals surface area (Å²) in [5.41, 5.74) is 3.81. The van der Waals surface area contributed by atoms with Crippen LogP contribution in [0, 0.1) is 18.6 Å². The number of piperazine rings is 1. The molecule has 1 fully saturated rings. The molecule has 1 amide bonds. The predicted molar refractivity (Wildman–Crippen MR) is 132 cm³/mol. The predicted octanol–water partition coefficient (Wildman–Crippen LogP) is 4.04. The number of methoxy groups -OCH3 is 1. The number of nitrogens with zero attached hydrogens (tertiary/aromatic N) is 5. The second-order valence-electron chi connectivity index (χ2n) is 8.90. The molecule has 0 radical (unpaired) electrons. The lowest BCUT2D eigenvalue weighted by molar-refractivity contribution is -0.133. The number of carbonyl (C=O) groups is 1. The number of ether oxygens (including phenoxy) is 1. The van der Waals surface area contributed by atoms with Gasteiger partial charge in [-0.2, -0.15) is 5.10 Å². The number of hydrogen-bond donors (Lipinski definition) is 0. The molecule has 2 aromatic heterocycles. The number of fused-ring (bicyclic) bond motifs is 1. The minimum Gasteiger partial charge on any atom is -0.497 e. The molecule has 1 aliphatic heterocycles. The standard InChI is InChI=1S/C27H27F2N5O2/c1-18-25-22(19-6-8-21(36-2)9-7-19)10-11-30-27(25)34(31-18)17-24(35)33-14-12-32(13-15-33)16-20-4-3-5-23(28)26(20)29/h3-11H,12-17H2,1-2H3. The smallest absolute Gasteiger partial charge is 0.244 e. The summed E-state index contributed by atoms with van der Waals surface area (Å²) in [6.45, 7) is 4.51. The Hall–Kier alpha value is -3.85. The molecule has 2 aromatic carbocycles. The van der Waals surface area contributed by atoms with Gasteiger partial charge in [0.05, 0.1) is 12.8 Å². The van der Waals surface area contributed by atoms with Crippen molar-refractivity contribution in [1.82, 2.24) is 24.6 Å². The number of rotatable bonds is 6. The number of halogens is 2. The molecule has 0 unspecified atom stereocenters. The Morgan fingerprint density at radius 2 is 1.78 bits per heavy atom. The van der Waals surface area contributed by atoms with E-state index in [1.165, 1.54) is 6.07 Å². The molecule has 0 bridgehead atoms. The van der Waals surface area contributed by atoms with Crippen LogP contribution in [0.5, 0.6) is 5.75 Å². The van der Waals surface area contributed by atoms with E-state index in [4.69, 9.17) is 4.74 Å². The minimum absolute atomic E-state index is 0.0485. The van der Waals surface area contributed by atoms with Gasteiger partial charge in [-0.1, -0.05) is 24.3 Å². The molecule has 5 rings (SSSR count). The average molecular weight is 492 g/mol. The molecule has 0 N–H and O–H groups in total. The van der Waals surface area contributed by atoms with Gasteiger partial charge in [-0.3, -0.25) is 9.69 Å². The van der Waals surface area contributed by atoms with Crippen molar-refractivity contribution < 1.29 is 18.3 Å². The molecule has 0 saturated carbocycles. The largest absolute Gasteiger partial charge is 0.497 e. The number of aryl methyl sites for hydroxylation is 1. The highest BCUT2D eigenvalue weighted by Crippen LogP contribution is 2.31. The quantitative estimate of drug-likeness (QED) is 0.408. The van der Waals surface area contributed by atoms with Crippen molar-refractivity contribution >= 4 is 16.9 Å². The van der Waals surface area contributed by atoms with Crippen LogP contribution in [0.2, 0.25) is 0 Å². The number of pyridine rings is 1.